The molecule has 2 N–H and O–H groups in total. The van der Waals surface area contributed by atoms with Crippen molar-refractivity contribution in [2.75, 3.05) is 0 Å². The highest BCUT2D eigenvalue weighted by molar-refractivity contribution is 5.88. The van der Waals surface area contributed by atoms with Crippen LogP contribution >= 0.6 is 0 Å². The number of rotatable bonds is 1. The minimum atomic E-state index is -1.86. The van der Waals surface area contributed by atoms with E-state index in [1.807, 2.05) is 42.5 Å². The van der Waals surface area contributed by atoms with E-state index in [0.717, 1.165) is 16.7 Å². The van der Waals surface area contributed by atoms with Crippen molar-refractivity contribution in [2.24, 2.45) is 0 Å². The minimum Gasteiger partial charge on any atom is -0.355 e. The molecule has 8 bridgehead atoms. The zero-order valence-corrected chi connectivity index (χ0v) is 17.3. The van der Waals surface area contributed by atoms with E-state index >= 15 is 0 Å². The zero-order chi connectivity index (χ0) is 23.4. The van der Waals surface area contributed by atoms with E-state index in [1.165, 1.54) is 6.07 Å². The Labute approximate surface area is 190 Å². The summed E-state index contributed by atoms with van der Waals surface area (Å²) in [5.74, 6) is -6.66. The molecule has 166 valence electrons. The fourth-order valence-corrected chi connectivity index (χ4v) is 4.01. The summed E-state index contributed by atoms with van der Waals surface area (Å²) in [5, 5.41) is 0. The standard InChI is InChI=1S/C26H14F4N4/c27-22-12-21(24(28)26(30)25(22)29)20-10-19-9-17-4-3-15(32-17)7-13-1-2-14(31-13)8-16-5-6-18(33-16)11-23(20)34-19/h1-12,31,34H. The lowest BCUT2D eigenvalue weighted by Crippen LogP contribution is -1.98. The van der Waals surface area contributed by atoms with Crippen molar-refractivity contribution >= 4 is 46.4 Å². The van der Waals surface area contributed by atoms with Crippen molar-refractivity contribution in [2.45, 2.75) is 0 Å². The number of fused-ring (bicyclic) bond motifs is 8. The van der Waals surface area contributed by atoms with Crippen LogP contribution in [0.25, 0.3) is 57.5 Å². The van der Waals surface area contributed by atoms with Gasteiger partial charge in [-0.3, -0.25) is 0 Å². The van der Waals surface area contributed by atoms with Crippen LogP contribution in [0.1, 0.15) is 22.8 Å². The second-order valence-corrected chi connectivity index (χ2v) is 7.94. The monoisotopic (exact) mass is 458 g/mol. The minimum absolute atomic E-state index is 0.159. The van der Waals surface area contributed by atoms with Crippen molar-refractivity contribution in [3.8, 4) is 11.1 Å². The summed E-state index contributed by atoms with van der Waals surface area (Å²) >= 11 is 0. The van der Waals surface area contributed by atoms with E-state index in [-0.39, 0.29) is 5.56 Å². The van der Waals surface area contributed by atoms with E-state index in [4.69, 9.17) is 0 Å². The largest absolute Gasteiger partial charge is 0.355 e. The summed E-state index contributed by atoms with van der Waals surface area (Å²) in [6, 6.07) is 13.2. The molecule has 0 amide bonds. The van der Waals surface area contributed by atoms with Gasteiger partial charge in [0, 0.05) is 33.2 Å². The molecular formula is C26H14F4N4. The van der Waals surface area contributed by atoms with Gasteiger partial charge >= 0.3 is 0 Å². The first-order chi connectivity index (χ1) is 16.4. The predicted octanol–water partition coefficient (Wildman–Crippen LogP) is 6.88. The number of H-pyrrole nitrogens is 2. The topological polar surface area (TPSA) is 57.4 Å². The van der Waals surface area contributed by atoms with Crippen LogP contribution in [-0.2, 0) is 0 Å². The molecule has 0 atom stereocenters. The molecule has 2 aliphatic heterocycles. The van der Waals surface area contributed by atoms with Crippen LogP contribution in [0.4, 0.5) is 17.6 Å². The normalized spacial score (nSPS) is 12.5. The second-order valence-electron chi connectivity index (χ2n) is 7.94. The van der Waals surface area contributed by atoms with Crippen molar-refractivity contribution < 1.29 is 17.6 Å². The van der Waals surface area contributed by atoms with Crippen LogP contribution in [0.3, 0.4) is 0 Å². The summed E-state index contributed by atoms with van der Waals surface area (Å²) in [5.41, 5.74) is 4.94. The maximum absolute atomic E-state index is 14.7. The summed E-state index contributed by atoms with van der Waals surface area (Å²) in [4.78, 5) is 15.5. The van der Waals surface area contributed by atoms with Crippen molar-refractivity contribution in [3.63, 3.8) is 0 Å². The zero-order valence-electron chi connectivity index (χ0n) is 17.3. The Morgan fingerprint density at radius 3 is 1.68 bits per heavy atom. The van der Waals surface area contributed by atoms with Gasteiger partial charge in [0.05, 0.1) is 22.8 Å². The van der Waals surface area contributed by atoms with E-state index in [1.54, 1.807) is 18.2 Å². The van der Waals surface area contributed by atoms with Gasteiger partial charge in [-0.05, 0) is 72.8 Å². The Balaban J connectivity index is 1.69. The predicted molar refractivity (Wildman–Crippen MR) is 124 cm³/mol. The maximum Gasteiger partial charge on any atom is 0.198 e. The van der Waals surface area contributed by atoms with Gasteiger partial charge in [-0.15, -0.1) is 0 Å². The fraction of sp³-hybridized carbons (Fsp3) is 0. The van der Waals surface area contributed by atoms with Crippen LogP contribution < -0.4 is 0 Å². The Kier molecular flexibility index (Phi) is 4.48. The number of halogens is 4. The number of nitrogens with one attached hydrogen (secondary N) is 2. The number of hydrogen-bond donors (Lipinski definition) is 2. The Bertz CT molecular complexity index is 1710. The smallest absolute Gasteiger partial charge is 0.198 e. The van der Waals surface area contributed by atoms with Gasteiger partial charge in [0.15, 0.2) is 23.3 Å². The van der Waals surface area contributed by atoms with Crippen molar-refractivity contribution in [1.82, 2.24) is 19.9 Å². The molecule has 0 unspecified atom stereocenters. The third-order valence-electron chi connectivity index (χ3n) is 5.56. The molecule has 0 radical (unpaired) electrons. The first-order valence-corrected chi connectivity index (χ1v) is 10.3. The molecular weight excluding hydrogens is 444 g/mol. The second kappa shape index (κ2) is 7.55. The third kappa shape index (κ3) is 3.49. The summed E-state index contributed by atoms with van der Waals surface area (Å²) < 4.78 is 56.2. The molecule has 6 rings (SSSR count). The first kappa shape index (κ1) is 20.2. The average Bonchev–Trinajstić information content (AvgIpc) is 3.60. The molecule has 4 aromatic rings. The van der Waals surface area contributed by atoms with Crippen LogP contribution in [0.15, 0.2) is 48.5 Å². The molecule has 5 heterocycles. The first-order valence-electron chi connectivity index (χ1n) is 10.3. The lowest BCUT2D eigenvalue weighted by molar-refractivity contribution is 0.411. The number of benzene rings is 1. The van der Waals surface area contributed by atoms with E-state index in [0.29, 0.717) is 34.2 Å². The van der Waals surface area contributed by atoms with E-state index in [9.17, 15) is 17.6 Å². The molecule has 0 fully saturated rings. The Morgan fingerprint density at radius 2 is 1.06 bits per heavy atom. The van der Waals surface area contributed by atoms with Gasteiger partial charge in [0.25, 0.3) is 0 Å². The molecule has 0 spiro atoms. The Hall–Kier alpha value is -4.46. The average molecular weight is 458 g/mol. The molecule has 0 saturated carbocycles. The lowest BCUT2D eigenvalue weighted by Gasteiger charge is -2.04. The summed E-state index contributed by atoms with van der Waals surface area (Å²) in [7, 11) is 0. The number of hydrogen-bond acceptors (Lipinski definition) is 2. The van der Waals surface area contributed by atoms with Gasteiger partial charge in [0.1, 0.15) is 0 Å². The van der Waals surface area contributed by atoms with Gasteiger partial charge in [-0.1, -0.05) is 0 Å². The van der Waals surface area contributed by atoms with E-state index < -0.39 is 28.8 Å². The quantitative estimate of drug-likeness (QED) is 0.160. The Morgan fingerprint density at radius 1 is 0.500 bits per heavy atom. The third-order valence-corrected chi connectivity index (χ3v) is 5.56. The van der Waals surface area contributed by atoms with Gasteiger partial charge in [-0.2, -0.15) is 0 Å². The summed E-state index contributed by atoms with van der Waals surface area (Å²) in [6.45, 7) is 0. The van der Waals surface area contributed by atoms with E-state index in [2.05, 4.69) is 19.9 Å². The molecule has 0 aliphatic carbocycles. The van der Waals surface area contributed by atoms with Crippen LogP contribution in [0, 0.1) is 23.3 Å². The molecule has 3 aromatic heterocycles. The molecule has 0 saturated heterocycles. The highest BCUT2D eigenvalue weighted by Gasteiger charge is 2.21. The highest BCUT2D eigenvalue weighted by atomic mass is 19.2. The highest BCUT2D eigenvalue weighted by Crippen LogP contribution is 2.32. The van der Waals surface area contributed by atoms with Crippen LogP contribution in [0.5, 0.6) is 0 Å². The molecule has 8 heteroatoms. The van der Waals surface area contributed by atoms with Crippen molar-refractivity contribution in [3.05, 3.63) is 94.6 Å². The van der Waals surface area contributed by atoms with Gasteiger partial charge < -0.3 is 9.97 Å². The van der Waals surface area contributed by atoms with Crippen LogP contribution in [-0.4, -0.2) is 19.9 Å². The molecule has 2 aliphatic rings. The van der Waals surface area contributed by atoms with Gasteiger partial charge in [0.2, 0.25) is 0 Å². The SMILES string of the molecule is Fc1cc(-c2cc3cc4nc(cc5ccc(cc6nc(cc2[nH]3)C=C6)[nH]5)C=C4)c(F)c(F)c1F. The summed E-state index contributed by atoms with van der Waals surface area (Å²) in [6.07, 6.45) is 7.24. The number of aromatic amines is 2. The molecule has 4 nitrogen and oxygen atoms in total. The number of nitrogens with zero attached hydrogens (tertiary/aromatic N) is 2. The fourth-order valence-electron chi connectivity index (χ4n) is 4.01. The number of aromatic nitrogens is 4. The van der Waals surface area contributed by atoms with Gasteiger partial charge in [-0.25, -0.2) is 27.5 Å². The molecule has 1 aromatic carbocycles. The maximum atomic E-state index is 14.7. The molecule has 34 heavy (non-hydrogen) atoms. The lowest BCUT2D eigenvalue weighted by atomic mass is 10.1. The van der Waals surface area contributed by atoms with Crippen LogP contribution in [0.2, 0.25) is 0 Å². The van der Waals surface area contributed by atoms with Crippen molar-refractivity contribution in [1.29, 1.82) is 0 Å².